The third-order valence-corrected chi connectivity index (χ3v) is 12.1. The average Bonchev–Trinajstić information content (AvgIpc) is 3.83. The Kier molecular flexibility index (Phi) is 7.68. The van der Waals surface area contributed by atoms with E-state index in [-0.39, 0.29) is 0 Å². The van der Waals surface area contributed by atoms with E-state index < -0.39 is 0 Å². The standard InChI is InChI=1S/C52H33N3S/c1-4-15-34(16-5-1)36-19-12-21-38(31-36)45-33-46(39-22-13-20-37(32-39)35-17-6-2-7-18-35)54-52(53-45)44-27-14-26-41-42-29-30-48-49(51(42)56-50(41)44)43-25-10-11-28-47(43)55(48)40-23-8-3-9-24-40/h1-33H. The number of nitrogens with zero attached hydrogens (tertiary/aromatic N) is 3. The third kappa shape index (κ3) is 5.42. The van der Waals surface area contributed by atoms with Gasteiger partial charge in [0.2, 0.25) is 0 Å². The van der Waals surface area contributed by atoms with Gasteiger partial charge in [0.1, 0.15) is 0 Å². The Morgan fingerprint density at radius 2 is 0.875 bits per heavy atom. The molecule has 0 radical (unpaired) electrons. The maximum atomic E-state index is 5.38. The van der Waals surface area contributed by atoms with Gasteiger partial charge in [0, 0.05) is 53.3 Å². The number of rotatable bonds is 6. The van der Waals surface area contributed by atoms with E-state index >= 15 is 0 Å². The van der Waals surface area contributed by atoms with Gasteiger partial charge >= 0.3 is 0 Å². The molecule has 0 N–H and O–H groups in total. The summed E-state index contributed by atoms with van der Waals surface area (Å²) in [5, 5.41) is 4.99. The Bertz CT molecular complexity index is 3130. The second kappa shape index (κ2) is 13.3. The Balaban J connectivity index is 1.14. The molecule has 262 valence electrons. The number of para-hydroxylation sites is 2. The van der Waals surface area contributed by atoms with Crippen LogP contribution in [0.5, 0.6) is 0 Å². The van der Waals surface area contributed by atoms with E-state index in [1.807, 2.05) is 11.3 Å². The van der Waals surface area contributed by atoms with Crippen LogP contribution in [0.3, 0.4) is 0 Å². The van der Waals surface area contributed by atoms with Crippen molar-refractivity contribution in [1.82, 2.24) is 14.5 Å². The minimum absolute atomic E-state index is 0.716. The Labute approximate surface area is 328 Å². The monoisotopic (exact) mass is 731 g/mol. The topological polar surface area (TPSA) is 30.7 Å². The number of thiophene rings is 1. The maximum Gasteiger partial charge on any atom is 0.161 e. The molecular weight excluding hydrogens is 699 g/mol. The summed E-state index contributed by atoms with van der Waals surface area (Å²) in [7, 11) is 0. The van der Waals surface area contributed by atoms with Gasteiger partial charge in [-0.2, -0.15) is 0 Å². The summed E-state index contributed by atoms with van der Waals surface area (Å²) in [5.74, 6) is 0.716. The molecule has 0 saturated carbocycles. The fourth-order valence-electron chi connectivity index (χ4n) is 8.18. The molecule has 0 spiro atoms. The molecule has 3 heterocycles. The van der Waals surface area contributed by atoms with E-state index in [9.17, 15) is 0 Å². The zero-order chi connectivity index (χ0) is 37.0. The third-order valence-electron chi connectivity index (χ3n) is 10.8. The molecule has 0 aliphatic heterocycles. The van der Waals surface area contributed by atoms with Gasteiger partial charge in [-0.05, 0) is 70.8 Å². The molecular formula is C52H33N3S. The number of benzene rings is 8. The zero-order valence-corrected chi connectivity index (χ0v) is 31.1. The lowest BCUT2D eigenvalue weighted by Crippen LogP contribution is -1.96. The lowest BCUT2D eigenvalue weighted by atomic mass is 9.99. The minimum Gasteiger partial charge on any atom is -0.309 e. The molecule has 0 aliphatic rings. The second-order valence-electron chi connectivity index (χ2n) is 14.2. The highest BCUT2D eigenvalue weighted by molar-refractivity contribution is 7.27. The molecule has 11 aromatic rings. The van der Waals surface area contributed by atoms with E-state index in [0.29, 0.717) is 5.82 Å². The predicted octanol–water partition coefficient (Wildman–Crippen LogP) is 14.3. The Hall–Kier alpha value is -7.14. The largest absolute Gasteiger partial charge is 0.309 e. The van der Waals surface area contributed by atoms with Crippen LogP contribution in [0, 0.1) is 0 Å². The number of hydrogen-bond donors (Lipinski definition) is 0. The van der Waals surface area contributed by atoms with Crippen LogP contribution in [-0.4, -0.2) is 14.5 Å². The van der Waals surface area contributed by atoms with E-state index in [4.69, 9.17) is 9.97 Å². The zero-order valence-electron chi connectivity index (χ0n) is 30.3. The first kappa shape index (κ1) is 32.3. The van der Waals surface area contributed by atoms with Gasteiger partial charge in [-0.25, -0.2) is 9.97 Å². The number of fused-ring (bicyclic) bond motifs is 7. The fourth-order valence-corrected chi connectivity index (χ4v) is 9.55. The second-order valence-corrected chi connectivity index (χ2v) is 15.2. The summed E-state index contributed by atoms with van der Waals surface area (Å²) in [6.45, 7) is 0. The van der Waals surface area contributed by atoms with E-state index in [0.717, 1.165) is 44.9 Å². The molecule has 0 fully saturated rings. The molecule has 3 aromatic heterocycles. The maximum absolute atomic E-state index is 5.38. The summed E-state index contributed by atoms with van der Waals surface area (Å²) in [6.07, 6.45) is 0. The number of aromatic nitrogens is 3. The van der Waals surface area contributed by atoms with E-state index in [1.54, 1.807) is 0 Å². The lowest BCUT2D eigenvalue weighted by molar-refractivity contribution is 1.18. The molecule has 0 amide bonds. The molecule has 11 rings (SSSR count). The molecule has 0 saturated heterocycles. The van der Waals surface area contributed by atoms with E-state index in [1.165, 1.54) is 53.1 Å². The first-order valence-electron chi connectivity index (χ1n) is 18.9. The molecule has 3 nitrogen and oxygen atoms in total. The van der Waals surface area contributed by atoms with Crippen molar-refractivity contribution < 1.29 is 0 Å². The predicted molar refractivity (Wildman–Crippen MR) is 236 cm³/mol. The normalized spacial score (nSPS) is 11.6. The average molecular weight is 732 g/mol. The van der Waals surface area contributed by atoms with Crippen LogP contribution in [0.15, 0.2) is 200 Å². The van der Waals surface area contributed by atoms with Crippen molar-refractivity contribution in [3.63, 3.8) is 0 Å². The first-order chi connectivity index (χ1) is 27.8. The van der Waals surface area contributed by atoms with Gasteiger partial charge in [-0.15, -0.1) is 11.3 Å². The van der Waals surface area contributed by atoms with Crippen LogP contribution >= 0.6 is 11.3 Å². The van der Waals surface area contributed by atoms with Crippen LogP contribution < -0.4 is 0 Å². The van der Waals surface area contributed by atoms with Crippen molar-refractivity contribution in [2.75, 3.05) is 0 Å². The fraction of sp³-hybridized carbons (Fsp3) is 0. The molecule has 0 aliphatic carbocycles. The quantitative estimate of drug-likeness (QED) is 0.170. The molecule has 0 atom stereocenters. The van der Waals surface area contributed by atoms with Crippen molar-refractivity contribution in [3.05, 3.63) is 200 Å². The first-order valence-corrected chi connectivity index (χ1v) is 19.7. The lowest BCUT2D eigenvalue weighted by Gasteiger charge is -2.12. The van der Waals surface area contributed by atoms with Crippen LogP contribution in [-0.2, 0) is 0 Å². The van der Waals surface area contributed by atoms with Crippen molar-refractivity contribution in [1.29, 1.82) is 0 Å². The Morgan fingerprint density at radius 1 is 0.357 bits per heavy atom. The van der Waals surface area contributed by atoms with E-state index in [2.05, 4.69) is 205 Å². The minimum atomic E-state index is 0.716. The highest BCUT2D eigenvalue weighted by Gasteiger charge is 2.20. The molecule has 8 aromatic carbocycles. The smallest absolute Gasteiger partial charge is 0.161 e. The van der Waals surface area contributed by atoms with Gasteiger partial charge in [-0.3, -0.25) is 0 Å². The van der Waals surface area contributed by atoms with Crippen LogP contribution in [0.25, 0.3) is 104 Å². The summed E-state index contributed by atoms with van der Waals surface area (Å²) in [4.78, 5) is 10.8. The van der Waals surface area contributed by atoms with Gasteiger partial charge in [0.25, 0.3) is 0 Å². The molecule has 4 heteroatoms. The Morgan fingerprint density at radius 3 is 1.54 bits per heavy atom. The highest BCUT2D eigenvalue weighted by atomic mass is 32.1. The van der Waals surface area contributed by atoms with Crippen molar-refractivity contribution in [3.8, 4) is 61.8 Å². The van der Waals surface area contributed by atoms with Crippen molar-refractivity contribution in [2.24, 2.45) is 0 Å². The van der Waals surface area contributed by atoms with Crippen LogP contribution in [0.4, 0.5) is 0 Å². The molecule has 56 heavy (non-hydrogen) atoms. The summed E-state index contributed by atoms with van der Waals surface area (Å²) in [6, 6.07) is 71.2. The van der Waals surface area contributed by atoms with Gasteiger partial charge in [0.15, 0.2) is 5.82 Å². The highest BCUT2D eigenvalue weighted by Crippen LogP contribution is 2.46. The number of hydrogen-bond acceptors (Lipinski definition) is 3. The summed E-state index contributed by atoms with van der Waals surface area (Å²) in [5.41, 5.74) is 13.1. The summed E-state index contributed by atoms with van der Waals surface area (Å²) < 4.78 is 4.85. The van der Waals surface area contributed by atoms with Crippen LogP contribution in [0.1, 0.15) is 0 Å². The molecule has 0 unspecified atom stereocenters. The van der Waals surface area contributed by atoms with Crippen LogP contribution in [0.2, 0.25) is 0 Å². The SMILES string of the molecule is c1ccc(-c2cccc(-c3cc(-c4cccc(-c5ccccc5)c4)nc(-c4cccc5c4sc4c5ccc5c4c4ccccc4n5-c4ccccc4)n3)c2)cc1. The summed E-state index contributed by atoms with van der Waals surface area (Å²) >= 11 is 1.85. The van der Waals surface area contributed by atoms with Gasteiger partial charge < -0.3 is 4.57 Å². The van der Waals surface area contributed by atoms with Crippen molar-refractivity contribution in [2.45, 2.75) is 0 Å². The van der Waals surface area contributed by atoms with Gasteiger partial charge in [0.05, 0.1) is 22.4 Å². The van der Waals surface area contributed by atoms with Gasteiger partial charge in [-0.1, -0.05) is 152 Å². The van der Waals surface area contributed by atoms with Crippen molar-refractivity contribution >= 4 is 53.3 Å². The molecule has 0 bridgehead atoms.